The monoisotopic (exact) mass is 550 g/mol. The quantitative estimate of drug-likeness (QED) is 0.549. The second-order valence-corrected chi connectivity index (χ2v) is 8.84. The molecule has 38 heavy (non-hydrogen) atoms. The fourth-order valence-electron chi connectivity index (χ4n) is 4.22. The van der Waals surface area contributed by atoms with Crippen molar-refractivity contribution in [3.63, 3.8) is 0 Å². The number of amides is 3. The smallest absolute Gasteiger partial charge is 0.407 e. The van der Waals surface area contributed by atoms with Gasteiger partial charge in [0.15, 0.2) is 5.75 Å². The van der Waals surface area contributed by atoms with Crippen molar-refractivity contribution in [3.8, 4) is 5.75 Å². The topological polar surface area (TPSA) is 85.3 Å². The van der Waals surface area contributed by atoms with Crippen LogP contribution in [0.2, 0.25) is 0 Å². The maximum atomic E-state index is 14.0. The van der Waals surface area contributed by atoms with E-state index in [-0.39, 0.29) is 37.9 Å². The number of carbonyl (C=O) groups is 2. The number of anilines is 2. The van der Waals surface area contributed by atoms with Crippen LogP contribution in [0, 0.1) is 5.82 Å². The number of aliphatic hydroxyl groups is 1. The molecule has 0 bridgehead atoms. The van der Waals surface area contributed by atoms with Crippen molar-refractivity contribution in [2.24, 2.45) is 0 Å². The van der Waals surface area contributed by atoms with Crippen molar-refractivity contribution in [3.05, 3.63) is 53.3 Å². The van der Waals surface area contributed by atoms with Gasteiger partial charge in [-0.3, -0.25) is 9.80 Å². The third kappa shape index (κ3) is 4.95. The fourth-order valence-corrected chi connectivity index (χ4v) is 4.22. The molecule has 0 unspecified atom stereocenters. The predicted octanol–water partition coefficient (Wildman–Crippen LogP) is 4.07. The summed E-state index contributed by atoms with van der Waals surface area (Å²) in [5.41, 5.74) is -5.60. The highest BCUT2D eigenvalue weighted by molar-refractivity contribution is 5.98. The van der Waals surface area contributed by atoms with E-state index in [2.05, 4.69) is 5.32 Å². The van der Waals surface area contributed by atoms with Gasteiger partial charge in [0, 0.05) is 38.9 Å². The predicted molar refractivity (Wildman–Crippen MR) is 119 cm³/mol. The number of carbonyl (C=O) groups excluding carboxylic acids is 2. The number of rotatable bonds is 5. The van der Waals surface area contributed by atoms with E-state index in [4.69, 9.17) is 4.74 Å². The summed E-state index contributed by atoms with van der Waals surface area (Å²) in [6, 6.07) is 3.38. The maximum Gasteiger partial charge on any atom is 0.420 e. The number of nitrogens with zero attached hydrogens (tertiary/aromatic N) is 3. The van der Waals surface area contributed by atoms with E-state index in [1.807, 2.05) is 0 Å². The summed E-state index contributed by atoms with van der Waals surface area (Å²) in [5.74, 6) is -1.95. The molecular formula is C23H21F7N4O4. The summed E-state index contributed by atoms with van der Waals surface area (Å²) in [6.07, 6.45) is -12.1. The van der Waals surface area contributed by atoms with Gasteiger partial charge >= 0.3 is 24.5 Å². The van der Waals surface area contributed by atoms with E-state index in [1.165, 1.54) is 0 Å². The fraction of sp³-hybridized carbons (Fsp3) is 0.391. The normalized spacial score (nSPS) is 17.4. The Balaban J connectivity index is 1.80. The van der Waals surface area contributed by atoms with E-state index in [0.717, 1.165) is 41.1 Å². The van der Waals surface area contributed by atoms with Gasteiger partial charge in [-0.1, -0.05) is 0 Å². The van der Waals surface area contributed by atoms with Crippen LogP contribution in [-0.2, 0) is 12.4 Å². The van der Waals surface area contributed by atoms with E-state index < -0.39 is 65.0 Å². The Labute approximate surface area is 211 Å². The highest BCUT2D eigenvalue weighted by atomic mass is 19.4. The van der Waals surface area contributed by atoms with Crippen LogP contribution >= 0.6 is 0 Å². The maximum absolute atomic E-state index is 14.0. The molecular weight excluding hydrogens is 529 g/mol. The number of aliphatic hydroxyl groups excluding tert-OH is 1. The van der Waals surface area contributed by atoms with Gasteiger partial charge in [0.1, 0.15) is 11.4 Å². The van der Waals surface area contributed by atoms with Crippen LogP contribution in [0.15, 0.2) is 36.4 Å². The number of halogens is 7. The van der Waals surface area contributed by atoms with Crippen molar-refractivity contribution in [1.82, 2.24) is 10.2 Å². The molecule has 8 nitrogen and oxygen atoms in total. The Morgan fingerprint density at radius 3 is 2.21 bits per heavy atom. The molecule has 0 spiro atoms. The lowest BCUT2D eigenvalue weighted by molar-refractivity contribution is -0.143. The lowest BCUT2D eigenvalue weighted by Crippen LogP contribution is -2.71. The van der Waals surface area contributed by atoms with E-state index >= 15 is 0 Å². The highest BCUT2D eigenvalue weighted by Crippen LogP contribution is 2.47. The van der Waals surface area contributed by atoms with Gasteiger partial charge in [0.2, 0.25) is 0 Å². The summed E-state index contributed by atoms with van der Waals surface area (Å²) in [4.78, 5) is 28.5. The van der Waals surface area contributed by atoms with Crippen LogP contribution < -0.4 is 19.9 Å². The molecule has 2 aliphatic rings. The number of hydrogen-bond acceptors (Lipinski definition) is 5. The van der Waals surface area contributed by atoms with Crippen LogP contribution in [0.1, 0.15) is 11.1 Å². The summed E-state index contributed by atoms with van der Waals surface area (Å²) in [5, 5.41) is 12.6. The summed E-state index contributed by atoms with van der Waals surface area (Å²) in [6.45, 7) is -0.590. The Kier molecular flexibility index (Phi) is 6.95. The molecule has 206 valence electrons. The van der Waals surface area contributed by atoms with Crippen molar-refractivity contribution in [2.45, 2.75) is 17.9 Å². The van der Waals surface area contributed by atoms with Crippen molar-refractivity contribution in [1.29, 1.82) is 0 Å². The zero-order valence-electron chi connectivity index (χ0n) is 19.7. The van der Waals surface area contributed by atoms with Crippen LogP contribution in [0.25, 0.3) is 0 Å². The van der Waals surface area contributed by atoms with Crippen LogP contribution in [0.3, 0.4) is 0 Å². The van der Waals surface area contributed by atoms with Crippen LogP contribution in [-0.4, -0.2) is 67.5 Å². The minimum Gasteiger partial charge on any atom is -0.407 e. The van der Waals surface area contributed by atoms with Gasteiger partial charge in [-0.15, -0.1) is 0 Å². The van der Waals surface area contributed by atoms with Gasteiger partial charge in [-0.05, 0) is 36.4 Å². The van der Waals surface area contributed by atoms with E-state index in [0.29, 0.717) is 11.0 Å². The molecule has 15 heteroatoms. The van der Waals surface area contributed by atoms with Gasteiger partial charge in [0.05, 0.1) is 23.4 Å². The molecule has 2 aromatic rings. The number of benzene rings is 2. The molecule has 2 aliphatic heterocycles. The van der Waals surface area contributed by atoms with E-state index in [9.17, 15) is 45.4 Å². The minimum absolute atomic E-state index is 0.0178. The standard InChI is InChI=1S/C23H21F7N4O4/c1-32(15-4-2-14(24)3-5-15)20(37)38-18-16(23(28,29)30)8-13(22(25,26)27)9-17(18)33-6-7-34(19(33)36)21(12-35)10-31-11-21/h2-5,8-9,31,35H,6-7,10-12H2,1H3. The molecule has 0 radical (unpaired) electrons. The number of nitrogens with one attached hydrogen (secondary N) is 1. The number of urea groups is 1. The largest absolute Gasteiger partial charge is 0.420 e. The van der Waals surface area contributed by atoms with E-state index in [1.54, 1.807) is 0 Å². The Hall–Kier alpha value is -3.59. The van der Waals surface area contributed by atoms with Gasteiger partial charge in [-0.2, -0.15) is 26.3 Å². The van der Waals surface area contributed by atoms with Crippen LogP contribution in [0.4, 0.5) is 51.7 Å². The molecule has 4 rings (SSSR count). The molecule has 3 amide bonds. The first-order chi connectivity index (χ1) is 17.7. The second-order valence-electron chi connectivity index (χ2n) is 8.84. The molecule has 0 saturated carbocycles. The Morgan fingerprint density at radius 2 is 1.71 bits per heavy atom. The average molecular weight is 550 g/mol. The molecule has 0 aliphatic carbocycles. The first kappa shape index (κ1) is 27.4. The van der Waals surface area contributed by atoms with Gasteiger partial charge in [0.25, 0.3) is 0 Å². The molecule has 2 fully saturated rings. The van der Waals surface area contributed by atoms with Crippen LogP contribution in [0.5, 0.6) is 5.75 Å². The number of ether oxygens (including phenoxy) is 1. The summed E-state index contributed by atoms with van der Waals surface area (Å²) >= 11 is 0. The van der Waals surface area contributed by atoms with Crippen molar-refractivity contribution in [2.75, 3.05) is 49.6 Å². The minimum atomic E-state index is -5.41. The zero-order valence-corrected chi connectivity index (χ0v) is 19.7. The van der Waals surface area contributed by atoms with Crippen molar-refractivity contribution < 1.29 is 50.2 Å². The first-order valence-corrected chi connectivity index (χ1v) is 11.1. The molecule has 0 atom stereocenters. The molecule has 2 saturated heterocycles. The Morgan fingerprint density at radius 1 is 1.08 bits per heavy atom. The van der Waals surface area contributed by atoms with Crippen molar-refractivity contribution >= 4 is 23.5 Å². The number of hydrogen-bond donors (Lipinski definition) is 2. The SMILES string of the molecule is CN(C(=O)Oc1c(N2CCN(C3(CO)CNC3)C2=O)cc(C(F)(F)F)cc1C(F)(F)F)c1ccc(F)cc1. The zero-order chi connectivity index (χ0) is 28.0. The molecule has 2 heterocycles. The summed E-state index contributed by atoms with van der Waals surface area (Å²) in [7, 11) is 1.10. The molecule has 0 aromatic heterocycles. The van der Waals surface area contributed by atoms with Gasteiger partial charge in [-0.25, -0.2) is 14.0 Å². The summed E-state index contributed by atoms with van der Waals surface area (Å²) < 4.78 is 101. The third-order valence-electron chi connectivity index (χ3n) is 6.45. The lowest BCUT2D eigenvalue weighted by Gasteiger charge is -2.47. The first-order valence-electron chi connectivity index (χ1n) is 11.1. The highest BCUT2D eigenvalue weighted by Gasteiger charge is 2.50. The average Bonchev–Trinajstić information content (AvgIpc) is 3.18. The molecule has 2 N–H and O–H groups in total. The van der Waals surface area contributed by atoms with Gasteiger partial charge < -0.3 is 20.1 Å². The Bertz CT molecular complexity index is 1220. The second kappa shape index (κ2) is 9.62. The third-order valence-corrected chi connectivity index (χ3v) is 6.45. The molecule has 2 aromatic carbocycles. The number of alkyl halides is 6. The lowest BCUT2D eigenvalue weighted by atomic mass is 9.91.